The van der Waals surface area contributed by atoms with Crippen LogP contribution in [0, 0.1) is 24.6 Å². The summed E-state index contributed by atoms with van der Waals surface area (Å²) in [5, 5.41) is 3.15. The third-order valence-corrected chi connectivity index (χ3v) is 7.00. The molecular formula is C24H25FN6. The molecule has 2 aromatic heterocycles. The summed E-state index contributed by atoms with van der Waals surface area (Å²) in [5.74, 6) is 2.53. The Labute approximate surface area is 180 Å². The van der Waals surface area contributed by atoms with E-state index >= 15 is 0 Å². The standard InChI is InChI=1S/C24H25FN6/c1-12-3-4-13(9-28-12)5-21-29-20-8-15-16(6-14(25)7-19(15)27-2)22(20)24(30-21)31-10-17-18(11-31)23(17)26/h3-4,6-7,9,17-18,23,27H,5,8,10-11,26H2,1-2H3. The molecule has 158 valence electrons. The maximum absolute atomic E-state index is 14.4. The number of fused-ring (bicyclic) bond motifs is 4. The zero-order chi connectivity index (χ0) is 21.3. The number of hydrogen-bond acceptors (Lipinski definition) is 6. The number of nitrogens with zero attached hydrogens (tertiary/aromatic N) is 4. The number of nitrogens with one attached hydrogen (secondary N) is 1. The van der Waals surface area contributed by atoms with Crippen LogP contribution in [0.5, 0.6) is 0 Å². The van der Waals surface area contributed by atoms with E-state index in [1.165, 1.54) is 0 Å². The van der Waals surface area contributed by atoms with Gasteiger partial charge in [0.05, 0.1) is 5.69 Å². The molecule has 3 N–H and O–H groups in total. The van der Waals surface area contributed by atoms with Gasteiger partial charge in [-0.25, -0.2) is 14.4 Å². The Kier molecular flexibility index (Phi) is 4.05. The molecule has 1 saturated carbocycles. The first-order valence-corrected chi connectivity index (χ1v) is 10.8. The first kappa shape index (κ1) is 18.7. The van der Waals surface area contributed by atoms with Crippen molar-refractivity contribution in [2.24, 2.45) is 17.6 Å². The minimum atomic E-state index is -0.247. The van der Waals surface area contributed by atoms with Gasteiger partial charge in [0.25, 0.3) is 0 Å². The van der Waals surface area contributed by atoms with Crippen LogP contribution < -0.4 is 16.0 Å². The van der Waals surface area contributed by atoms with E-state index < -0.39 is 0 Å². The second kappa shape index (κ2) is 6.72. The van der Waals surface area contributed by atoms with Crippen LogP contribution >= 0.6 is 0 Å². The third kappa shape index (κ3) is 2.98. The quantitative estimate of drug-likeness (QED) is 0.533. The summed E-state index contributed by atoms with van der Waals surface area (Å²) >= 11 is 0. The van der Waals surface area contributed by atoms with Gasteiger partial charge in [0.2, 0.25) is 0 Å². The van der Waals surface area contributed by atoms with Crippen molar-refractivity contribution in [1.29, 1.82) is 0 Å². The lowest BCUT2D eigenvalue weighted by Gasteiger charge is -2.24. The number of aromatic nitrogens is 3. The number of aryl methyl sites for hydroxylation is 1. The monoisotopic (exact) mass is 416 g/mol. The van der Waals surface area contributed by atoms with Gasteiger partial charge in [0.1, 0.15) is 17.5 Å². The molecule has 0 radical (unpaired) electrons. The molecule has 0 amide bonds. The molecule has 0 spiro atoms. The average Bonchev–Trinajstić information content (AvgIpc) is 3.12. The van der Waals surface area contributed by atoms with Crippen molar-refractivity contribution in [2.45, 2.75) is 25.8 Å². The number of hydrogen-bond donors (Lipinski definition) is 2. The van der Waals surface area contributed by atoms with Gasteiger partial charge in [0.15, 0.2) is 0 Å². The number of halogens is 1. The largest absolute Gasteiger partial charge is 0.388 e. The summed E-state index contributed by atoms with van der Waals surface area (Å²) in [4.78, 5) is 16.7. The Balaban J connectivity index is 1.46. The number of nitrogens with two attached hydrogens (primary N) is 1. The molecule has 3 heterocycles. The maximum atomic E-state index is 14.4. The van der Waals surface area contributed by atoms with E-state index in [0.29, 0.717) is 30.7 Å². The molecule has 3 aromatic rings. The molecule has 2 atom stereocenters. The van der Waals surface area contributed by atoms with Gasteiger partial charge in [-0.2, -0.15) is 0 Å². The number of anilines is 2. The van der Waals surface area contributed by atoms with Crippen LogP contribution in [0.25, 0.3) is 11.1 Å². The van der Waals surface area contributed by atoms with Crippen molar-refractivity contribution >= 4 is 11.5 Å². The minimum Gasteiger partial charge on any atom is -0.388 e. The van der Waals surface area contributed by atoms with Crippen molar-refractivity contribution in [2.75, 3.05) is 30.4 Å². The van der Waals surface area contributed by atoms with Crippen LogP contribution in [0.3, 0.4) is 0 Å². The molecule has 2 aliphatic carbocycles. The van der Waals surface area contributed by atoms with Crippen LogP contribution in [-0.4, -0.2) is 41.1 Å². The highest BCUT2D eigenvalue weighted by atomic mass is 19.1. The number of pyridine rings is 1. The third-order valence-electron chi connectivity index (χ3n) is 7.00. The summed E-state index contributed by atoms with van der Waals surface area (Å²) in [6.45, 7) is 3.79. The van der Waals surface area contributed by atoms with E-state index in [0.717, 1.165) is 64.1 Å². The molecular weight excluding hydrogens is 391 g/mol. The van der Waals surface area contributed by atoms with Crippen molar-refractivity contribution in [3.05, 3.63) is 64.6 Å². The number of rotatable bonds is 4. The van der Waals surface area contributed by atoms with Crippen LogP contribution in [0.1, 0.15) is 28.3 Å². The normalized spacial score (nSPS) is 22.8. The molecule has 0 bridgehead atoms. The molecule has 3 aliphatic rings. The molecule has 2 unspecified atom stereocenters. The second-order valence-electron chi connectivity index (χ2n) is 8.99. The number of piperidine rings is 1. The fourth-order valence-electron chi connectivity index (χ4n) is 5.23. The van der Waals surface area contributed by atoms with Crippen LogP contribution in [0.4, 0.5) is 15.9 Å². The molecule has 1 aromatic carbocycles. The molecule has 6 rings (SSSR count). The molecule has 1 aliphatic heterocycles. The summed E-state index contributed by atoms with van der Waals surface area (Å²) < 4.78 is 14.4. The maximum Gasteiger partial charge on any atom is 0.140 e. The summed E-state index contributed by atoms with van der Waals surface area (Å²) in [7, 11) is 1.83. The van der Waals surface area contributed by atoms with Gasteiger partial charge in [0, 0.05) is 62.2 Å². The Bertz CT molecular complexity index is 1180. The lowest BCUT2D eigenvalue weighted by molar-refractivity contribution is 0.628. The topological polar surface area (TPSA) is 80.0 Å². The lowest BCUT2D eigenvalue weighted by Crippen LogP contribution is -2.29. The predicted octanol–water partition coefficient (Wildman–Crippen LogP) is 2.92. The van der Waals surface area contributed by atoms with E-state index in [1.54, 1.807) is 12.1 Å². The van der Waals surface area contributed by atoms with Crippen LogP contribution in [-0.2, 0) is 12.8 Å². The van der Waals surface area contributed by atoms with Crippen molar-refractivity contribution in [3.63, 3.8) is 0 Å². The van der Waals surface area contributed by atoms with Gasteiger partial charge in [-0.1, -0.05) is 6.07 Å². The van der Waals surface area contributed by atoms with Crippen molar-refractivity contribution in [1.82, 2.24) is 15.0 Å². The first-order valence-electron chi connectivity index (χ1n) is 10.8. The molecule has 6 nitrogen and oxygen atoms in total. The Morgan fingerprint density at radius 3 is 2.71 bits per heavy atom. The van der Waals surface area contributed by atoms with Crippen molar-refractivity contribution in [3.8, 4) is 11.1 Å². The van der Waals surface area contributed by atoms with E-state index in [-0.39, 0.29) is 5.82 Å². The fraction of sp³-hybridized carbons (Fsp3) is 0.375. The van der Waals surface area contributed by atoms with E-state index in [2.05, 4.69) is 21.3 Å². The van der Waals surface area contributed by atoms with Gasteiger partial charge < -0.3 is 16.0 Å². The zero-order valence-electron chi connectivity index (χ0n) is 17.7. The Hall–Kier alpha value is -3.06. The molecule has 31 heavy (non-hydrogen) atoms. The van der Waals surface area contributed by atoms with Crippen LogP contribution in [0.15, 0.2) is 30.5 Å². The van der Waals surface area contributed by atoms with Gasteiger partial charge >= 0.3 is 0 Å². The highest BCUT2D eigenvalue weighted by Crippen LogP contribution is 2.49. The predicted molar refractivity (Wildman–Crippen MR) is 119 cm³/mol. The van der Waals surface area contributed by atoms with Crippen LogP contribution in [0.2, 0.25) is 0 Å². The van der Waals surface area contributed by atoms with E-state index in [9.17, 15) is 4.39 Å². The average molecular weight is 417 g/mol. The lowest BCUT2D eigenvalue weighted by atomic mass is 10.0. The molecule has 2 fully saturated rings. The van der Waals surface area contributed by atoms with E-state index in [1.807, 2.05) is 26.2 Å². The fourth-order valence-corrected chi connectivity index (χ4v) is 5.23. The summed E-state index contributed by atoms with van der Waals surface area (Å²) in [6.07, 6.45) is 3.19. The van der Waals surface area contributed by atoms with Gasteiger partial charge in [-0.3, -0.25) is 4.98 Å². The number of benzene rings is 1. The smallest absolute Gasteiger partial charge is 0.140 e. The molecule has 7 heteroatoms. The summed E-state index contributed by atoms with van der Waals surface area (Å²) in [5.41, 5.74) is 13.0. The van der Waals surface area contributed by atoms with Crippen molar-refractivity contribution < 1.29 is 4.39 Å². The zero-order valence-corrected chi connectivity index (χ0v) is 17.7. The van der Waals surface area contributed by atoms with Gasteiger partial charge in [-0.15, -0.1) is 0 Å². The highest BCUT2D eigenvalue weighted by Gasteiger charge is 2.54. The SMILES string of the molecule is CNc1cc(F)cc2c1Cc1nc(Cc3ccc(C)nc3)nc(N3CC4C(N)C4C3)c1-2. The first-order chi connectivity index (χ1) is 15.0. The summed E-state index contributed by atoms with van der Waals surface area (Å²) in [6, 6.07) is 7.58. The molecule has 1 saturated heterocycles. The minimum absolute atomic E-state index is 0.247. The van der Waals surface area contributed by atoms with Gasteiger partial charge in [-0.05, 0) is 53.6 Å². The second-order valence-corrected chi connectivity index (χ2v) is 8.99. The highest BCUT2D eigenvalue weighted by molar-refractivity contribution is 5.88. The Morgan fingerprint density at radius 1 is 1.19 bits per heavy atom. The van der Waals surface area contributed by atoms with E-state index in [4.69, 9.17) is 15.7 Å². The Morgan fingerprint density at radius 2 is 2.00 bits per heavy atom.